The number of halogens is 1. The Balaban J connectivity index is 2.78. The second kappa shape index (κ2) is 10.5. The van der Waals surface area contributed by atoms with Crippen molar-refractivity contribution in [1.29, 1.82) is 0 Å². The summed E-state index contributed by atoms with van der Waals surface area (Å²) in [5.41, 5.74) is 1.40. The molecule has 1 unspecified atom stereocenters. The first kappa shape index (κ1) is 22.4. The number of nitrogens with one attached hydrogen (secondary N) is 2. The van der Waals surface area contributed by atoms with Gasteiger partial charge < -0.3 is 10.6 Å². The number of nitrogens with zero attached hydrogens (tertiary/aromatic N) is 2. The molecule has 0 aliphatic rings. The highest BCUT2D eigenvalue weighted by molar-refractivity contribution is 7.89. The summed E-state index contributed by atoms with van der Waals surface area (Å²) in [7, 11) is -3.30. The molecule has 0 saturated carbocycles. The molecule has 0 radical (unpaired) electrons. The quantitative estimate of drug-likeness (QED) is 0.505. The normalized spacial score (nSPS) is 13.7. The molecule has 1 aromatic carbocycles. The fraction of sp³-hybridized carbons (Fsp3) is 0.611. The monoisotopic (exact) mass is 386 g/mol. The van der Waals surface area contributed by atoms with E-state index in [9.17, 15) is 12.8 Å². The van der Waals surface area contributed by atoms with Gasteiger partial charge in [-0.05, 0) is 38.0 Å². The number of benzene rings is 1. The van der Waals surface area contributed by atoms with Crippen molar-refractivity contribution in [3.05, 3.63) is 35.1 Å². The summed E-state index contributed by atoms with van der Waals surface area (Å²) in [6, 6.07) is 4.94. The van der Waals surface area contributed by atoms with Crippen LogP contribution in [0.15, 0.2) is 23.2 Å². The van der Waals surface area contributed by atoms with Crippen LogP contribution in [0.4, 0.5) is 4.39 Å². The average molecular weight is 387 g/mol. The van der Waals surface area contributed by atoms with Gasteiger partial charge in [-0.25, -0.2) is 17.1 Å². The van der Waals surface area contributed by atoms with Crippen LogP contribution >= 0.6 is 0 Å². The topological polar surface area (TPSA) is 73.8 Å². The molecule has 2 N–H and O–H groups in total. The molecule has 1 atom stereocenters. The van der Waals surface area contributed by atoms with Crippen LogP contribution in [-0.4, -0.2) is 50.6 Å². The van der Waals surface area contributed by atoms with Gasteiger partial charge in [-0.1, -0.05) is 26.0 Å². The van der Waals surface area contributed by atoms with Crippen LogP contribution in [0.5, 0.6) is 0 Å². The number of sulfonamides is 1. The maximum absolute atomic E-state index is 13.8. The van der Waals surface area contributed by atoms with E-state index in [1.807, 2.05) is 33.8 Å². The third kappa shape index (κ3) is 6.57. The molecule has 148 valence electrons. The first-order valence-corrected chi connectivity index (χ1v) is 10.6. The van der Waals surface area contributed by atoms with Crippen molar-refractivity contribution in [2.24, 2.45) is 4.99 Å². The van der Waals surface area contributed by atoms with E-state index in [0.717, 1.165) is 5.56 Å². The first-order valence-electron chi connectivity index (χ1n) is 9.03. The first-order chi connectivity index (χ1) is 12.2. The van der Waals surface area contributed by atoms with Crippen LogP contribution in [0.1, 0.15) is 44.9 Å². The predicted molar refractivity (Wildman–Crippen MR) is 105 cm³/mol. The van der Waals surface area contributed by atoms with Gasteiger partial charge in [0.15, 0.2) is 5.96 Å². The zero-order chi connectivity index (χ0) is 19.7. The summed E-state index contributed by atoms with van der Waals surface area (Å²) >= 11 is 0. The SMILES string of the molecule is CCNC(=NCCS(=O)(=O)N(CC)CC)NC(C)c1ccc(C)c(F)c1. The maximum atomic E-state index is 13.8. The molecule has 26 heavy (non-hydrogen) atoms. The lowest BCUT2D eigenvalue weighted by Gasteiger charge is -2.20. The zero-order valence-electron chi connectivity index (χ0n) is 16.3. The Labute approximate surface area is 156 Å². The highest BCUT2D eigenvalue weighted by atomic mass is 32.2. The Morgan fingerprint density at radius 3 is 2.46 bits per heavy atom. The number of rotatable bonds is 9. The molecule has 0 heterocycles. The molecular weight excluding hydrogens is 355 g/mol. The molecule has 6 nitrogen and oxygen atoms in total. The number of hydrogen-bond acceptors (Lipinski definition) is 3. The van der Waals surface area contributed by atoms with Crippen LogP contribution in [0, 0.1) is 12.7 Å². The van der Waals surface area contributed by atoms with Gasteiger partial charge >= 0.3 is 0 Å². The van der Waals surface area contributed by atoms with Crippen molar-refractivity contribution in [3.63, 3.8) is 0 Å². The van der Waals surface area contributed by atoms with Crippen LogP contribution in [0.3, 0.4) is 0 Å². The Morgan fingerprint density at radius 1 is 1.27 bits per heavy atom. The van der Waals surface area contributed by atoms with Crippen LogP contribution in [-0.2, 0) is 10.0 Å². The second-order valence-corrected chi connectivity index (χ2v) is 8.12. The van der Waals surface area contributed by atoms with Crippen molar-refractivity contribution in [1.82, 2.24) is 14.9 Å². The summed E-state index contributed by atoms with van der Waals surface area (Å²) in [6.45, 7) is 10.9. The van der Waals surface area contributed by atoms with Crippen molar-refractivity contribution in [2.75, 3.05) is 31.9 Å². The van der Waals surface area contributed by atoms with Crippen LogP contribution < -0.4 is 10.6 Å². The minimum absolute atomic E-state index is 0.0429. The third-order valence-electron chi connectivity index (χ3n) is 4.11. The van der Waals surface area contributed by atoms with Crippen molar-refractivity contribution in [2.45, 2.75) is 40.7 Å². The summed E-state index contributed by atoms with van der Waals surface area (Å²) < 4.78 is 39.6. The largest absolute Gasteiger partial charge is 0.357 e. The number of aliphatic imine (C=N–C) groups is 1. The lowest BCUT2D eigenvalue weighted by molar-refractivity contribution is 0.445. The molecule has 0 aromatic heterocycles. The molecule has 0 aliphatic heterocycles. The van der Waals surface area contributed by atoms with Gasteiger partial charge in [0.1, 0.15) is 5.82 Å². The lowest BCUT2D eigenvalue weighted by atomic mass is 10.1. The van der Waals surface area contributed by atoms with Crippen LogP contribution in [0.25, 0.3) is 0 Å². The number of aryl methyl sites for hydroxylation is 1. The van der Waals surface area contributed by atoms with E-state index in [2.05, 4.69) is 15.6 Å². The Kier molecular flexibility index (Phi) is 9.01. The van der Waals surface area contributed by atoms with Crippen molar-refractivity contribution >= 4 is 16.0 Å². The predicted octanol–water partition coefficient (Wildman–Crippen LogP) is 2.42. The van der Waals surface area contributed by atoms with Crippen molar-refractivity contribution in [3.8, 4) is 0 Å². The third-order valence-corrected chi connectivity index (χ3v) is 6.11. The van der Waals surface area contributed by atoms with Gasteiger partial charge in [-0.15, -0.1) is 0 Å². The van der Waals surface area contributed by atoms with Gasteiger partial charge in [0.25, 0.3) is 0 Å². The van der Waals surface area contributed by atoms with Gasteiger partial charge in [0.05, 0.1) is 18.3 Å². The fourth-order valence-corrected chi connectivity index (χ4v) is 3.87. The Morgan fingerprint density at radius 2 is 1.92 bits per heavy atom. The molecule has 0 fully saturated rings. The number of hydrogen-bond donors (Lipinski definition) is 2. The molecule has 1 rings (SSSR count). The molecule has 0 spiro atoms. The molecule has 1 aromatic rings. The minimum Gasteiger partial charge on any atom is -0.357 e. The van der Waals surface area contributed by atoms with E-state index < -0.39 is 10.0 Å². The number of guanidine groups is 1. The van der Waals surface area contributed by atoms with E-state index in [4.69, 9.17) is 0 Å². The summed E-state index contributed by atoms with van der Waals surface area (Å²) in [5.74, 6) is 0.220. The van der Waals surface area contributed by atoms with Crippen LogP contribution in [0.2, 0.25) is 0 Å². The maximum Gasteiger partial charge on any atom is 0.215 e. The van der Waals surface area contributed by atoms with E-state index in [0.29, 0.717) is 31.2 Å². The Hall–Kier alpha value is -1.67. The highest BCUT2D eigenvalue weighted by Gasteiger charge is 2.18. The fourth-order valence-electron chi connectivity index (χ4n) is 2.51. The molecule has 0 saturated heterocycles. The lowest BCUT2D eigenvalue weighted by Crippen LogP contribution is -2.39. The van der Waals surface area contributed by atoms with Gasteiger partial charge in [0, 0.05) is 19.6 Å². The van der Waals surface area contributed by atoms with Crippen molar-refractivity contribution < 1.29 is 12.8 Å². The van der Waals surface area contributed by atoms with E-state index >= 15 is 0 Å². The smallest absolute Gasteiger partial charge is 0.215 e. The van der Waals surface area contributed by atoms with E-state index in [1.54, 1.807) is 13.0 Å². The molecule has 0 amide bonds. The molecule has 8 heteroatoms. The molecule has 0 aliphatic carbocycles. The summed E-state index contributed by atoms with van der Waals surface area (Å²) in [4.78, 5) is 4.35. The second-order valence-electron chi connectivity index (χ2n) is 6.04. The van der Waals surface area contributed by atoms with Gasteiger partial charge in [0.2, 0.25) is 10.0 Å². The Bertz CT molecular complexity index is 703. The van der Waals surface area contributed by atoms with Gasteiger partial charge in [-0.3, -0.25) is 4.99 Å². The molecule has 0 bridgehead atoms. The minimum atomic E-state index is -3.30. The standard InChI is InChI=1S/C18H31FN4O2S/c1-6-20-18(21-11-12-26(24,25)23(7-2)8-3)22-15(5)16-10-9-14(4)17(19)13-16/h9-10,13,15H,6-8,11-12H2,1-5H3,(H2,20,21,22). The molecular formula is C18H31FN4O2S. The highest BCUT2D eigenvalue weighted by Crippen LogP contribution is 2.16. The van der Waals surface area contributed by atoms with E-state index in [-0.39, 0.29) is 24.2 Å². The summed E-state index contributed by atoms with van der Waals surface area (Å²) in [6.07, 6.45) is 0. The summed E-state index contributed by atoms with van der Waals surface area (Å²) in [5, 5.41) is 6.28. The zero-order valence-corrected chi connectivity index (χ0v) is 17.2. The van der Waals surface area contributed by atoms with Gasteiger partial charge in [-0.2, -0.15) is 0 Å². The van der Waals surface area contributed by atoms with E-state index in [1.165, 1.54) is 10.4 Å². The average Bonchev–Trinajstić information content (AvgIpc) is 2.58.